The standard InChI is InChI=1S/C78H53N5O/c1-78(2)67-34-18-15-31-61(67)64-48-66-65-47-55(60-30-16-19-35-69(60)82(59-41-38-53(39-42-59)50-22-7-3-8-23-50)71-36-21-33-63-62-32-17-20-37-73(62)84-74(63)71)40-43-70(65)83(72(66)49-68(64)78)77-80-75(54-28-13-6-14-29-54)79-76(81-77)58-45-56(51-24-9-4-10-25-51)44-57(46-58)52-26-11-5-12-27-52/h3-49H,1-2H3. The van der Waals surface area contributed by atoms with Crippen LogP contribution in [0.4, 0.5) is 17.1 Å². The molecule has 396 valence electrons. The van der Waals surface area contributed by atoms with Gasteiger partial charge >= 0.3 is 0 Å². The average molecular weight is 1080 g/mol. The Kier molecular flexibility index (Phi) is 11.4. The second-order valence-corrected chi connectivity index (χ2v) is 22.4. The van der Waals surface area contributed by atoms with Crippen LogP contribution in [0.3, 0.4) is 0 Å². The minimum Gasteiger partial charge on any atom is -0.454 e. The molecule has 0 aliphatic heterocycles. The third kappa shape index (κ3) is 8.13. The molecule has 0 saturated carbocycles. The number of benzene rings is 12. The Morgan fingerprint density at radius 3 is 1.56 bits per heavy atom. The van der Waals surface area contributed by atoms with Crippen LogP contribution >= 0.6 is 0 Å². The maximum absolute atomic E-state index is 6.84. The number of para-hydroxylation sites is 3. The van der Waals surface area contributed by atoms with E-state index in [1.807, 2.05) is 24.3 Å². The largest absolute Gasteiger partial charge is 0.454 e. The first-order chi connectivity index (χ1) is 41.4. The normalized spacial score (nSPS) is 12.5. The number of furan rings is 1. The zero-order chi connectivity index (χ0) is 55.9. The highest BCUT2D eigenvalue weighted by Crippen LogP contribution is 2.52. The number of fused-ring (bicyclic) bond motifs is 9. The van der Waals surface area contributed by atoms with E-state index in [-0.39, 0.29) is 5.41 Å². The Labute approximate surface area is 486 Å². The van der Waals surface area contributed by atoms with Crippen LogP contribution in [0, 0.1) is 0 Å². The van der Waals surface area contributed by atoms with E-state index in [1.54, 1.807) is 0 Å². The molecule has 1 aliphatic rings. The number of rotatable bonds is 10. The summed E-state index contributed by atoms with van der Waals surface area (Å²) in [7, 11) is 0. The van der Waals surface area contributed by atoms with Crippen LogP contribution in [0.15, 0.2) is 290 Å². The fraction of sp³-hybridized carbons (Fsp3) is 0.0385. The summed E-state index contributed by atoms with van der Waals surface area (Å²) in [6.45, 7) is 4.69. The monoisotopic (exact) mass is 1080 g/mol. The van der Waals surface area contributed by atoms with Gasteiger partial charge in [0.1, 0.15) is 5.58 Å². The second kappa shape index (κ2) is 19.7. The van der Waals surface area contributed by atoms with Crippen molar-refractivity contribution in [3.05, 3.63) is 296 Å². The highest BCUT2D eigenvalue weighted by atomic mass is 16.3. The molecule has 0 unspecified atom stereocenters. The van der Waals surface area contributed by atoms with Gasteiger partial charge < -0.3 is 9.32 Å². The quantitative estimate of drug-likeness (QED) is 0.137. The molecule has 12 aromatic carbocycles. The van der Waals surface area contributed by atoms with Crippen LogP contribution in [0.5, 0.6) is 0 Å². The molecular weight excluding hydrogens is 1020 g/mol. The Hall–Kier alpha value is -11.0. The zero-order valence-corrected chi connectivity index (χ0v) is 46.3. The molecule has 3 aromatic heterocycles. The average Bonchev–Trinajstić information content (AvgIpc) is 2.58. The summed E-state index contributed by atoms with van der Waals surface area (Å²) in [5.41, 5.74) is 22.1. The minimum atomic E-state index is -0.262. The summed E-state index contributed by atoms with van der Waals surface area (Å²) < 4.78 is 9.11. The number of nitrogens with zero attached hydrogens (tertiary/aromatic N) is 5. The van der Waals surface area contributed by atoms with Gasteiger partial charge in [-0.25, -0.2) is 4.98 Å². The van der Waals surface area contributed by atoms with Gasteiger partial charge in [0, 0.05) is 49.3 Å². The van der Waals surface area contributed by atoms with Crippen molar-refractivity contribution in [3.8, 4) is 84.4 Å². The van der Waals surface area contributed by atoms with Gasteiger partial charge in [0.15, 0.2) is 17.2 Å². The van der Waals surface area contributed by atoms with Crippen LogP contribution in [-0.4, -0.2) is 19.5 Å². The SMILES string of the molecule is CC1(C)c2ccccc2-c2cc3c4cc(-c5ccccc5N(c5ccc(-c6ccccc6)cc5)c5cccc6c5oc5ccccc56)ccc4n(-c4nc(-c5ccccc5)nc(-c5cc(-c6ccccc6)cc(-c6ccccc6)c5)n4)c3cc21. The lowest BCUT2D eigenvalue weighted by molar-refractivity contribution is 0.661. The predicted molar refractivity (Wildman–Crippen MR) is 346 cm³/mol. The van der Waals surface area contributed by atoms with Crippen molar-refractivity contribution >= 4 is 60.8 Å². The lowest BCUT2D eigenvalue weighted by Crippen LogP contribution is -2.15. The van der Waals surface area contributed by atoms with E-state index < -0.39 is 0 Å². The van der Waals surface area contributed by atoms with Crippen molar-refractivity contribution in [2.24, 2.45) is 0 Å². The van der Waals surface area contributed by atoms with Crippen molar-refractivity contribution < 1.29 is 4.42 Å². The summed E-state index contributed by atoms with van der Waals surface area (Å²) in [5.74, 6) is 1.71. The topological polar surface area (TPSA) is 60.0 Å². The summed E-state index contributed by atoms with van der Waals surface area (Å²) in [4.78, 5) is 18.8. The van der Waals surface area contributed by atoms with Crippen LogP contribution < -0.4 is 4.90 Å². The smallest absolute Gasteiger partial charge is 0.238 e. The molecule has 3 heterocycles. The van der Waals surface area contributed by atoms with Crippen molar-refractivity contribution in [2.45, 2.75) is 19.3 Å². The van der Waals surface area contributed by atoms with E-state index in [0.717, 1.165) is 111 Å². The van der Waals surface area contributed by atoms with E-state index in [0.29, 0.717) is 17.6 Å². The lowest BCUT2D eigenvalue weighted by Gasteiger charge is -2.28. The molecule has 1 aliphatic carbocycles. The summed E-state index contributed by atoms with van der Waals surface area (Å²) in [6, 6.07) is 102. The molecule has 6 heteroatoms. The van der Waals surface area contributed by atoms with Crippen LogP contribution in [0.2, 0.25) is 0 Å². The molecule has 0 atom stereocenters. The third-order valence-electron chi connectivity index (χ3n) is 17.0. The Balaban J connectivity index is 0.935. The maximum Gasteiger partial charge on any atom is 0.238 e. The van der Waals surface area contributed by atoms with E-state index in [1.165, 1.54) is 27.8 Å². The van der Waals surface area contributed by atoms with E-state index in [4.69, 9.17) is 19.4 Å². The van der Waals surface area contributed by atoms with E-state index in [2.05, 4.69) is 284 Å². The Morgan fingerprint density at radius 2 is 0.857 bits per heavy atom. The molecule has 0 saturated heterocycles. The molecular formula is C78H53N5O. The first-order valence-corrected chi connectivity index (χ1v) is 28.7. The van der Waals surface area contributed by atoms with Gasteiger partial charge in [-0.15, -0.1) is 0 Å². The highest BCUT2D eigenvalue weighted by molar-refractivity contribution is 6.14. The molecule has 0 radical (unpaired) electrons. The first-order valence-electron chi connectivity index (χ1n) is 28.7. The Morgan fingerprint density at radius 1 is 0.333 bits per heavy atom. The summed E-state index contributed by atoms with van der Waals surface area (Å²) in [6.07, 6.45) is 0. The van der Waals surface area contributed by atoms with Gasteiger partial charge in [0.05, 0.1) is 22.4 Å². The van der Waals surface area contributed by atoms with Gasteiger partial charge in [-0.3, -0.25) is 4.57 Å². The second-order valence-electron chi connectivity index (χ2n) is 22.4. The van der Waals surface area contributed by atoms with Gasteiger partial charge in [0.2, 0.25) is 5.95 Å². The molecule has 0 spiro atoms. The molecule has 84 heavy (non-hydrogen) atoms. The first kappa shape index (κ1) is 48.9. The fourth-order valence-electron chi connectivity index (χ4n) is 12.9. The van der Waals surface area contributed by atoms with Crippen molar-refractivity contribution in [1.29, 1.82) is 0 Å². The van der Waals surface area contributed by atoms with Crippen LogP contribution in [0.25, 0.3) is 128 Å². The van der Waals surface area contributed by atoms with E-state index >= 15 is 0 Å². The molecule has 6 nitrogen and oxygen atoms in total. The van der Waals surface area contributed by atoms with E-state index in [9.17, 15) is 0 Å². The van der Waals surface area contributed by atoms with Crippen molar-refractivity contribution in [1.82, 2.24) is 19.5 Å². The van der Waals surface area contributed by atoms with Gasteiger partial charge in [-0.05, 0) is 134 Å². The number of hydrogen-bond donors (Lipinski definition) is 0. The molecule has 0 fully saturated rings. The number of hydrogen-bond acceptors (Lipinski definition) is 5. The van der Waals surface area contributed by atoms with Gasteiger partial charge in [0.25, 0.3) is 0 Å². The van der Waals surface area contributed by atoms with Gasteiger partial charge in [-0.1, -0.05) is 226 Å². The maximum atomic E-state index is 6.84. The zero-order valence-electron chi connectivity index (χ0n) is 46.3. The van der Waals surface area contributed by atoms with Crippen LogP contribution in [0.1, 0.15) is 25.0 Å². The molecule has 0 N–H and O–H groups in total. The molecule has 15 aromatic rings. The highest BCUT2D eigenvalue weighted by Gasteiger charge is 2.36. The number of anilines is 3. The summed E-state index contributed by atoms with van der Waals surface area (Å²) in [5, 5.41) is 4.34. The van der Waals surface area contributed by atoms with Gasteiger partial charge in [-0.2, -0.15) is 9.97 Å². The summed E-state index contributed by atoms with van der Waals surface area (Å²) >= 11 is 0. The molecule has 0 amide bonds. The van der Waals surface area contributed by atoms with Crippen molar-refractivity contribution in [2.75, 3.05) is 4.90 Å². The number of aromatic nitrogens is 4. The van der Waals surface area contributed by atoms with Crippen LogP contribution in [-0.2, 0) is 5.41 Å². The molecule has 0 bridgehead atoms. The minimum absolute atomic E-state index is 0.262. The fourth-order valence-corrected chi connectivity index (χ4v) is 12.9. The molecule has 16 rings (SSSR count). The third-order valence-corrected chi connectivity index (χ3v) is 17.0. The predicted octanol–water partition coefficient (Wildman–Crippen LogP) is 20.6. The Bertz CT molecular complexity index is 4970. The lowest BCUT2D eigenvalue weighted by atomic mass is 9.82. The van der Waals surface area contributed by atoms with Crippen molar-refractivity contribution in [3.63, 3.8) is 0 Å².